The molecule has 3 aromatic rings. The minimum absolute atomic E-state index is 0.0234. The Hall–Kier alpha value is -2.97. The lowest BCUT2D eigenvalue weighted by Gasteiger charge is -2.17. The quantitative estimate of drug-likeness (QED) is 0.387. The molecule has 2 saturated carbocycles. The summed E-state index contributed by atoms with van der Waals surface area (Å²) in [5.74, 6) is -0.260. The molecule has 35 heavy (non-hydrogen) atoms. The molecule has 7 nitrogen and oxygen atoms in total. The predicted octanol–water partition coefficient (Wildman–Crippen LogP) is 4.61. The average Bonchev–Trinajstić information content (AvgIpc) is 3.66. The average molecular weight is 506 g/mol. The fourth-order valence-corrected chi connectivity index (χ4v) is 5.77. The molecule has 3 atom stereocenters. The summed E-state index contributed by atoms with van der Waals surface area (Å²) in [5, 5.41) is 17.0. The van der Waals surface area contributed by atoms with Crippen molar-refractivity contribution in [2.75, 3.05) is 18.8 Å². The van der Waals surface area contributed by atoms with Crippen molar-refractivity contribution in [1.29, 1.82) is 5.26 Å². The van der Waals surface area contributed by atoms with Crippen molar-refractivity contribution in [3.63, 3.8) is 0 Å². The molecule has 0 amide bonds. The minimum atomic E-state index is -4.91. The van der Waals surface area contributed by atoms with Crippen molar-refractivity contribution in [3.05, 3.63) is 34.0 Å². The normalized spacial score (nSPS) is 23.5. The van der Waals surface area contributed by atoms with Crippen LogP contribution in [0.2, 0.25) is 5.15 Å². The van der Waals surface area contributed by atoms with E-state index in [1.807, 2.05) is 0 Å². The number of hydrogen-bond acceptors (Lipinski definition) is 6. The van der Waals surface area contributed by atoms with Crippen molar-refractivity contribution in [1.82, 2.24) is 25.1 Å². The number of rotatable bonds is 5. The lowest BCUT2D eigenvalue weighted by molar-refractivity contribution is -0.137. The molecule has 0 aromatic carbocycles. The van der Waals surface area contributed by atoms with E-state index in [4.69, 9.17) is 22.4 Å². The van der Waals surface area contributed by atoms with Gasteiger partial charge < -0.3 is 11.1 Å². The van der Waals surface area contributed by atoms with Crippen LogP contribution in [0, 0.1) is 29.0 Å². The van der Waals surface area contributed by atoms with Crippen LogP contribution in [-0.4, -0.2) is 32.8 Å². The highest BCUT2D eigenvalue weighted by atomic mass is 35.5. The molecule has 3 fully saturated rings. The van der Waals surface area contributed by atoms with Gasteiger partial charge in [0, 0.05) is 29.7 Å². The summed E-state index contributed by atoms with van der Waals surface area (Å²) in [6.07, 6.45) is -3.07. The summed E-state index contributed by atoms with van der Waals surface area (Å²) in [4.78, 5) is 7.91. The van der Waals surface area contributed by atoms with Gasteiger partial charge in [0.05, 0.1) is 23.5 Å². The fourth-order valence-electron chi connectivity index (χ4n) is 5.46. The van der Waals surface area contributed by atoms with Crippen molar-refractivity contribution >= 4 is 28.3 Å². The van der Waals surface area contributed by atoms with Crippen molar-refractivity contribution < 1.29 is 17.6 Å². The molecular weight excluding hydrogens is 486 g/mol. The van der Waals surface area contributed by atoms with E-state index < -0.39 is 34.0 Å². The standard InChI is InChI=1S/C23H20ClF4N7/c24-22-17(23(26,27)28)10(6-14(30)33-22)19-18(25)21-16(13(32-19)2-1-5-29)20(34-35(21)9-3-4-9)15-11-7-31-8-12(11)15/h6,9,11-12,15,31H,1-4,7-8H2,(H2,30,33)/t11-,12+,15?. The van der Waals surface area contributed by atoms with Gasteiger partial charge in [-0.25, -0.2) is 14.4 Å². The van der Waals surface area contributed by atoms with Gasteiger partial charge in [0.15, 0.2) is 5.82 Å². The third-order valence-corrected chi connectivity index (χ3v) is 7.47. The second kappa shape index (κ2) is 7.77. The zero-order valence-corrected chi connectivity index (χ0v) is 19.1. The summed E-state index contributed by atoms with van der Waals surface area (Å²) in [6.45, 7) is 1.69. The number of piperidine rings is 1. The minimum Gasteiger partial charge on any atom is -0.384 e. The molecule has 1 unspecified atom stereocenters. The van der Waals surface area contributed by atoms with Gasteiger partial charge in [0.1, 0.15) is 27.7 Å². The predicted molar refractivity (Wildman–Crippen MR) is 120 cm³/mol. The first-order chi connectivity index (χ1) is 16.7. The third kappa shape index (κ3) is 3.53. The molecule has 2 aliphatic carbocycles. The SMILES string of the molecule is N#CCCc1nc(-c2cc(N)nc(Cl)c2C(F)(F)F)c(F)c2c1c(C1[C@H]3CNC[C@@H]13)nn2C1CC1. The summed E-state index contributed by atoms with van der Waals surface area (Å²) in [5.41, 5.74) is 4.54. The molecule has 12 heteroatoms. The number of aryl methyl sites for hydroxylation is 1. The number of nitrogen functional groups attached to an aromatic ring is 1. The first kappa shape index (κ1) is 22.5. The van der Waals surface area contributed by atoms with E-state index >= 15 is 4.39 Å². The van der Waals surface area contributed by atoms with Gasteiger partial charge in [-0.1, -0.05) is 11.6 Å². The van der Waals surface area contributed by atoms with E-state index in [-0.39, 0.29) is 36.1 Å². The van der Waals surface area contributed by atoms with Crippen LogP contribution in [0.15, 0.2) is 6.07 Å². The number of nitriles is 1. The van der Waals surface area contributed by atoms with Crippen LogP contribution in [0.1, 0.15) is 48.2 Å². The smallest absolute Gasteiger partial charge is 0.384 e. The Labute approximate surface area is 202 Å². The lowest BCUT2D eigenvalue weighted by Crippen LogP contribution is -2.14. The Kier molecular flexibility index (Phi) is 4.99. The van der Waals surface area contributed by atoms with Gasteiger partial charge in [-0.15, -0.1) is 0 Å². The van der Waals surface area contributed by atoms with E-state index in [9.17, 15) is 18.4 Å². The van der Waals surface area contributed by atoms with Gasteiger partial charge in [0.25, 0.3) is 0 Å². The van der Waals surface area contributed by atoms with Crippen LogP contribution in [0.3, 0.4) is 0 Å². The van der Waals surface area contributed by atoms with Gasteiger partial charge >= 0.3 is 6.18 Å². The molecule has 0 spiro atoms. The Bertz CT molecular complexity index is 1400. The molecule has 6 rings (SSSR count). The third-order valence-electron chi connectivity index (χ3n) is 7.20. The number of nitrogens with two attached hydrogens (primary N) is 1. The summed E-state index contributed by atoms with van der Waals surface area (Å²) < 4.78 is 59.7. The van der Waals surface area contributed by atoms with Gasteiger partial charge in [-0.05, 0) is 43.8 Å². The zero-order valence-electron chi connectivity index (χ0n) is 18.3. The second-order valence-electron chi connectivity index (χ2n) is 9.43. The molecule has 3 aliphatic rings. The van der Waals surface area contributed by atoms with Crippen LogP contribution < -0.4 is 11.1 Å². The number of aromatic nitrogens is 4. The summed E-state index contributed by atoms with van der Waals surface area (Å²) >= 11 is 5.84. The number of fused-ring (bicyclic) bond motifs is 2. The van der Waals surface area contributed by atoms with Crippen LogP contribution in [0.4, 0.5) is 23.4 Å². The van der Waals surface area contributed by atoms with Gasteiger partial charge in [-0.2, -0.15) is 23.5 Å². The van der Waals surface area contributed by atoms with Crippen LogP contribution in [0.25, 0.3) is 22.2 Å². The molecule has 1 aliphatic heterocycles. The Morgan fingerprint density at radius 1 is 1.23 bits per heavy atom. The maximum atomic E-state index is 16.3. The number of nitrogens with one attached hydrogen (secondary N) is 1. The van der Waals surface area contributed by atoms with Crippen LogP contribution in [0.5, 0.6) is 0 Å². The number of hydrogen-bond donors (Lipinski definition) is 2. The second-order valence-corrected chi connectivity index (χ2v) is 9.79. The molecule has 4 heterocycles. The molecule has 3 aromatic heterocycles. The topological polar surface area (TPSA) is 105 Å². The first-order valence-corrected chi connectivity index (χ1v) is 11.8. The van der Waals surface area contributed by atoms with Crippen LogP contribution >= 0.6 is 11.6 Å². The van der Waals surface area contributed by atoms with E-state index in [1.165, 1.54) is 0 Å². The van der Waals surface area contributed by atoms with Gasteiger partial charge in [-0.3, -0.25) is 4.68 Å². The largest absolute Gasteiger partial charge is 0.420 e. The van der Waals surface area contributed by atoms with E-state index in [2.05, 4.69) is 21.4 Å². The van der Waals surface area contributed by atoms with Gasteiger partial charge in [0.2, 0.25) is 0 Å². The zero-order chi connectivity index (χ0) is 24.6. The Morgan fingerprint density at radius 3 is 2.57 bits per heavy atom. The number of nitrogens with zero attached hydrogens (tertiary/aromatic N) is 5. The number of alkyl halides is 3. The highest BCUT2D eigenvalue weighted by Gasteiger charge is 2.56. The maximum Gasteiger partial charge on any atom is 0.420 e. The van der Waals surface area contributed by atoms with Crippen molar-refractivity contribution in [2.45, 2.75) is 43.8 Å². The molecule has 3 N–H and O–H groups in total. The Balaban J connectivity index is 1.65. The molecule has 182 valence electrons. The lowest BCUT2D eigenvalue weighted by atomic mass is 10.00. The Morgan fingerprint density at radius 2 is 1.94 bits per heavy atom. The highest BCUT2D eigenvalue weighted by molar-refractivity contribution is 6.30. The summed E-state index contributed by atoms with van der Waals surface area (Å²) in [6, 6.07) is 2.97. The molecule has 1 saturated heterocycles. The van der Waals surface area contributed by atoms with E-state index in [0.717, 1.165) is 37.7 Å². The highest BCUT2D eigenvalue weighted by Crippen LogP contribution is 2.58. The molecule has 0 radical (unpaired) electrons. The van der Waals surface area contributed by atoms with E-state index in [0.29, 0.717) is 22.9 Å². The van der Waals surface area contributed by atoms with E-state index in [1.54, 1.807) is 4.68 Å². The monoisotopic (exact) mass is 505 g/mol. The number of halogens is 5. The summed E-state index contributed by atoms with van der Waals surface area (Å²) in [7, 11) is 0. The maximum absolute atomic E-state index is 16.3. The van der Waals surface area contributed by atoms with Crippen molar-refractivity contribution in [3.8, 4) is 17.3 Å². The first-order valence-electron chi connectivity index (χ1n) is 11.4. The number of pyridine rings is 2. The number of anilines is 1. The van der Waals surface area contributed by atoms with Crippen molar-refractivity contribution in [2.24, 2.45) is 11.8 Å². The molecular formula is C23H20ClF4N7. The molecule has 0 bridgehead atoms. The van der Waals surface area contributed by atoms with Crippen LogP contribution in [-0.2, 0) is 12.6 Å². The fraction of sp³-hybridized carbons (Fsp3) is 0.478.